The molecule has 0 saturated carbocycles. The van der Waals surface area contributed by atoms with Crippen LogP contribution in [0.3, 0.4) is 0 Å². The zero-order valence-electron chi connectivity index (χ0n) is 38.4. The molecule has 0 saturated heterocycles. The van der Waals surface area contributed by atoms with E-state index in [2.05, 4.69) is 187 Å². The molecule has 0 N–H and O–H groups in total. The Bertz CT molecular complexity index is 4060. The number of fused-ring (bicyclic) bond motifs is 17. The van der Waals surface area contributed by atoms with Gasteiger partial charge in [0.05, 0.1) is 11.4 Å². The molecule has 0 fully saturated rings. The molecule has 0 unspecified atom stereocenters. The van der Waals surface area contributed by atoms with Crippen molar-refractivity contribution in [3.05, 3.63) is 191 Å². The first-order valence-corrected chi connectivity index (χ1v) is 23.7. The van der Waals surface area contributed by atoms with Gasteiger partial charge in [-0.15, -0.1) is 0 Å². The summed E-state index contributed by atoms with van der Waals surface area (Å²) in [5, 5.41) is 15.6. The van der Waals surface area contributed by atoms with Crippen LogP contribution in [0.2, 0.25) is 0 Å². The summed E-state index contributed by atoms with van der Waals surface area (Å²) < 4.78 is 0. The smallest absolute Gasteiger partial charge is 0.0787 e. The van der Waals surface area contributed by atoms with Gasteiger partial charge >= 0.3 is 0 Å². The van der Waals surface area contributed by atoms with Crippen LogP contribution in [0.5, 0.6) is 0 Å². The molecule has 2 heterocycles. The van der Waals surface area contributed by atoms with Crippen molar-refractivity contribution in [1.82, 2.24) is 9.97 Å². The molecule has 67 heavy (non-hydrogen) atoms. The number of hydrogen-bond donors (Lipinski definition) is 0. The van der Waals surface area contributed by atoms with Crippen LogP contribution in [0.25, 0.3) is 143 Å². The first kappa shape index (κ1) is 37.3. The Morgan fingerprint density at radius 3 is 1.21 bits per heavy atom. The van der Waals surface area contributed by atoms with E-state index in [1.165, 1.54) is 165 Å². The molecule has 3 aliphatic carbocycles. The highest BCUT2D eigenvalue weighted by molar-refractivity contribution is 6.30. The normalized spacial score (nSPS) is 13.6. The van der Waals surface area contributed by atoms with Crippen molar-refractivity contribution in [2.45, 2.75) is 47.0 Å². The Kier molecular flexibility index (Phi) is 7.06. The SMILES string of the molecule is Cc1ccc2c(c1)c(-c1ccc3c(c1)C(C)(C)c1cc(-c4cc5c6ccc(C)c7c6c(cc5c5ccc(C)cc45)-c4ncccc4-7)ccc1-3)cc1c3ccc(C)c4c3c(cc21)-c1ncccc1-4. The topological polar surface area (TPSA) is 25.8 Å². The summed E-state index contributed by atoms with van der Waals surface area (Å²) in [6, 6.07) is 56.3. The van der Waals surface area contributed by atoms with Gasteiger partial charge in [0.15, 0.2) is 0 Å². The molecule has 0 spiro atoms. The third kappa shape index (κ3) is 4.75. The number of aryl methyl sites for hydroxylation is 4. The van der Waals surface area contributed by atoms with E-state index >= 15 is 0 Å². The number of benzene rings is 10. The van der Waals surface area contributed by atoms with Crippen LogP contribution in [0.15, 0.2) is 158 Å². The van der Waals surface area contributed by atoms with Crippen LogP contribution >= 0.6 is 0 Å². The average Bonchev–Trinajstić information content (AvgIpc) is 3.94. The molecule has 0 atom stereocenters. The fourth-order valence-corrected chi connectivity index (χ4v) is 13.0. The molecule has 3 aliphatic rings. The highest BCUT2D eigenvalue weighted by atomic mass is 14.7. The lowest BCUT2D eigenvalue weighted by Crippen LogP contribution is -2.15. The van der Waals surface area contributed by atoms with Crippen LogP contribution in [0.4, 0.5) is 0 Å². The Hall–Kier alpha value is -7.94. The van der Waals surface area contributed by atoms with Gasteiger partial charge in [0.2, 0.25) is 0 Å². The average molecular weight is 853 g/mol. The molecule has 0 bridgehead atoms. The highest BCUT2D eigenvalue weighted by Crippen LogP contribution is 2.55. The van der Waals surface area contributed by atoms with Crippen molar-refractivity contribution in [3.63, 3.8) is 0 Å². The lowest BCUT2D eigenvalue weighted by Gasteiger charge is -2.23. The van der Waals surface area contributed by atoms with E-state index in [9.17, 15) is 0 Å². The molecule has 0 aliphatic heterocycles. The lowest BCUT2D eigenvalue weighted by atomic mass is 9.80. The third-order valence-electron chi connectivity index (χ3n) is 16.2. The summed E-state index contributed by atoms with van der Waals surface area (Å²) in [6.45, 7) is 13.8. The molecule has 10 aromatic carbocycles. The summed E-state index contributed by atoms with van der Waals surface area (Å²) in [7, 11) is 0. The molecule has 2 nitrogen and oxygen atoms in total. The second kappa shape index (κ2) is 12.7. The maximum atomic E-state index is 4.95. The summed E-state index contributed by atoms with van der Waals surface area (Å²) in [6.07, 6.45) is 3.87. The third-order valence-corrected chi connectivity index (χ3v) is 16.2. The lowest BCUT2D eigenvalue weighted by molar-refractivity contribution is 0.661. The Morgan fingerprint density at radius 1 is 0.328 bits per heavy atom. The second-order valence-corrected chi connectivity index (χ2v) is 20.3. The number of nitrogens with zero attached hydrogens (tertiary/aromatic N) is 2. The monoisotopic (exact) mass is 852 g/mol. The van der Waals surface area contributed by atoms with Crippen molar-refractivity contribution in [3.8, 4) is 78.1 Å². The largest absolute Gasteiger partial charge is 0.256 e. The molecular formula is C65H44N2. The number of pyridine rings is 2. The Labute approximate surface area is 389 Å². The predicted molar refractivity (Wildman–Crippen MR) is 283 cm³/mol. The minimum Gasteiger partial charge on any atom is -0.256 e. The fraction of sp³-hybridized carbons (Fsp3) is 0.108. The van der Waals surface area contributed by atoms with Crippen molar-refractivity contribution >= 4 is 64.6 Å². The van der Waals surface area contributed by atoms with E-state index in [4.69, 9.17) is 9.97 Å². The first-order chi connectivity index (χ1) is 32.6. The summed E-state index contributed by atoms with van der Waals surface area (Å²) in [5.41, 5.74) is 25.2. The van der Waals surface area contributed by atoms with E-state index in [1.807, 2.05) is 12.4 Å². The molecule has 0 amide bonds. The van der Waals surface area contributed by atoms with E-state index in [0.29, 0.717) is 0 Å². The van der Waals surface area contributed by atoms with Gasteiger partial charge in [-0.2, -0.15) is 0 Å². The molecule has 314 valence electrons. The van der Waals surface area contributed by atoms with E-state index in [0.717, 1.165) is 11.4 Å². The van der Waals surface area contributed by atoms with Gasteiger partial charge < -0.3 is 0 Å². The second-order valence-electron chi connectivity index (χ2n) is 20.3. The number of aromatic nitrogens is 2. The van der Waals surface area contributed by atoms with Gasteiger partial charge in [0.1, 0.15) is 0 Å². The van der Waals surface area contributed by atoms with E-state index < -0.39 is 0 Å². The fourth-order valence-electron chi connectivity index (χ4n) is 13.0. The molecule has 2 heteroatoms. The summed E-state index contributed by atoms with van der Waals surface area (Å²) >= 11 is 0. The van der Waals surface area contributed by atoms with Gasteiger partial charge in [-0.05, 0) is 208 Å². The van der Waals surface area contributed by atoms with Crippen molar-refractivity contribution < 1.29 is 0 Å². The minimum atomic E-state index is -0.223. The standard InChI is InChI=1S/C65H44N2/c1-33-11-17-39-49(25-33)47(29-53-43-19-13-35(3)59-45-9-7-23-66-63(45)55(61(43)59)31-51(39)53)37-15-21-41-42-22-16-38(28-58(42)65(5,6)57(41)27-37)48-30-54-44-20-14-36(4)60-46-10-8-24-67-64(46)56(62(44)60)32-52(54)40-18-12-34(2)26-50(40)48/h7-32H,1-6H3. The van der Waals surface area contributed by atoms with Crippen LogP contribution in [0.1, 0.15) is 47.2 Å². The van der Waals surface area contributed by atoms with Gasteiger partial charge in [0, 0.05) is 40.1 Å². The van der Waals surface area contributed by atoms with Gasteiger partial charge in [-0.1, -0.05) is 122 Å². The zero-order valence-corrected chi connectivity index (χ0v) is 38.4. The molecule has 15 rings (SSSR count). The maximum absolute atomic E-state index is 4.95. The van der Waals surface area contributed by atoms with Gasteiger partial charge in [0.25, 0.3) is 0 Å². The van der Waals surface area contributed by atoms with Crippen LogP contribution < -0.4 is 0 Å². The van der Waals surface area contributed by atoms with Crippen LogP contribution in [-0.2, 0) is 5.41 Å². The predicted octanol–water partition coefficient (Wildman–Crippen LogP) is 17.6. The molecular weight excluding hydrogens is 809 g/mol. The number of hydrogen-bond acceptors (Lipinski definition) is 2. The van der Waals surface area contributed by atoms with E-state index in [1.54, 1.807) is 0 Å². The summed E-state index contributed by atoms with van der Waals surface area (Å²) in [5.74, 6) is 0. The first-order valence-electron chi connectivity index (χ1n) is 23.7. The van der Waals surface area contributed by atoms with Crippen molar-refractivity contribution in [2.75, 3.05) is 0 Å². The van der Waals surface area contributed by atoms with Gasteiger partial charge in [-0.3, -0.25) is 9.97 Å². The van der Waals surface area contributed by atoms with Gasteiger partial charge in [-0.25, -0.2) is 0 Å². The molecule has 12 aromatic rings. The zero-order chi connectivity index (χ0) is 44.8. The Balaban J connectivity index is 0.914. The number of rotatable bonds is 2. The maximum Gasteiger partial charge on any atom is 0.0787 e. The Morgan fingerprint density at radius 2 is 0.746 bits per heavy atom. The molecule has 0 radical (unpaired) electrons. The van der Waals surface area contributed by atoms with Crippen LogP contribution in [0, 0.1) is 27.7 Å². The minimum absolute atomic E-state index is 0.223. The molecule has 2 aromatic heterocycles. The summed E-state index contributed by atoms with van der Waals surface area (Å²) in [4.78, 5) is 9.89. The van der Waals surface area contributed by atoms with Crippen molar-refractivity contribution in [1.29, 1.82) is 0 Å². The van der Waals surface area contributed by atoms with Crippen molar-refractivity contribution in [2.24, 2.45) is 0 Å². The quantitative estimate of drug-likeness (QED) is 0.162. The van der Waals surface area contributed by atoms with E-state index in [-0.39, 0.29) is 5.41 Å². The van der Waals surface area contributed by atoms with Crippen LogP contribution in [-0.4, -0.2) is 9.97 Å². The highest BCUT2D eigenvalue weighted by Gasteiger charge is 2.37.